The van der Waals surface area contributed by atoms with Crippen molar-refractivity contribution in [1.29, 1.82) is 0 Å². The molecule has 0 radical (unpaired) electrons. The average molecular weight is 337 g/mol. The average Bonchev–Trinajstić information content (AvgIpc) is 3.20. The first-order chi connectivity index (χ1) is 12.1. The van der Waals surface area contributed by atoms with Crippen LogP contribution in [0.15, 0.2) is 36.4 Å². The van der Waals surface area contributed by atoms with Crippen LogP contribution in [0.3, 0.4) is 0 Å². The molecule has 5 heteroatoms. The number of imide groups is 1. The maximum absolute atomic E-state index is 13.2. The third-order valence-corrected chi connectivity index (χ3v) is 6.49. The molecular weight excluding hydrogens is 318 g/mol. The SMILES string of the molecule is CCOC(=O)c1ccccc1N1C(=O)[C@@H]2C3C=CC([C@@H]2C1=O)C31CC1. The van der Waals surface area contributed by atoms with Crippen molar-refractivity contribution in [3.63, 3.8) is 0 Å². The zero-order chi connectivity index (χ0) is 17.3. The minimum atomic E-state index is -0.504. The minimum absolute atomic E-state index is 0.158. The molecule has 4 aliphatic rings. The lowest BCUT2D eigenvalue weighted by Crippen LogP contribution is -2.35. The lowest BCUT2D eigenvalue weighted by molar-refractivity contribution is -0.123. The van der Waals surface area contributed by atoms with Crippen molar-refractivity contribution in [1.82, 2.24) is 0 Å². The molecule has 3 fully saturated rings. The largest absolute Gasteiger partial charge is 0.462 e. The number of benzene rings is 1. The fourth-order valence-electron chi connectivity index (χ4n) is 5.37. The fraction of sp³-hybridized carbons (Fsp3) is 0.450. The van der Waals surface area contributed by atoms with Crippen molar-refractivity contribution < 1.29 is 19.1 Å². The van der Waals surface area contributed by atoms with Crippen LogP contribution < -0.4 is 4.90 Å². The van der Waals surface area contributed by atoms with Crippen LogP contribution in [0.1, 0.15) is 30.1 Å². The van der Waals surface area contributed by atoms with E-state index in [2.05, 4.69) is 12.2 Å². The highest BCUT2D eigenvalue weighted by Crippen LogP contribution is 2.73. The molecule has 1 aromatic rings. The first-order valence-corrected chi connectivity index (χ1v) is 8.92. The number of amides is 2. The van der Waals surface area contributed by atoms with Gasteiger partial charge in [-0.3, -0.25) is 9.59 Å². The number of fused-ring (bicyclic) bond motifs is 3. The summed E-state index contributed by atoms with van der Waals surface area (Å²) in [7, 11) is 0. The van der Waals surface area contributed by atoms with Gasteiger partial charge in [0.15, 0.2) is 0 Å². The maximum atomic E-state index is 13.2. The van der Waals surface area contributed by atoms with Gasteiger partial charge in [0.2, 0.25) is 11.8 Å². The first kappa shape index (κ1) is 14.9. The van der Waals surface area contributed by atoms with Crippen LogP contribution in [0, 0.1) is 29.1 Å². The Balaban J connectivity index is 1.55. The molecule has 2 amide bonds. The zero-order valence-electron chi connectivity index (χ0n) is 14.0. The summed E-state index contributed by atoms with van der Waals surface area (Å²) in [5, 5.41) is 0. The predicted octanol–water partition coefficient (Wildman–Crippen LogP) is 2.56. The van der Waals surface area contributed by atoms with E-state index in [4.69, 9.17) is 4.74 Å². The molecule has 128 valence electrons. The molecular formula is C20H19NO4. The van der Waals surface area contributed by atoms with E-state index < -0.39 is 5.97 Å². The van der Waals surface area contributed by atoms with E-state index in [9.17, 15) is 14.4 Å². The van der Waals surface area contributed by atoms with Crippen molar-refractivity contribution in [2.45, 2.75) is 19.8 Å². The Morgan fingerprint density at radius 1 is 1.12 bits per heavy atom. The Bertz CT molecular complexity index is 804. The number of hydrogen-bond donors (Lipinski definition) is 0. The van der Waals surface area contributed by atoms with E-state index in [-0.39, 0.29) is 53.1 Å². The summed E-state index contributed by atoms with van der Waals surface area (Å²) < 4.78 is 5.09. The van der Waals surface area contributed by atoms with E-state index in [0.29, 0.717) is 5.69 Å². The molecule has 5 nitrogen and oxygen atoms in total. The number of nitrogens with zero attached hydrogens (tertiary/aromatic N) is 1. The number of allylic oxidation sites excluding steroid dienone is 2. The second-order valence-corrected chi connectivity index (χ2v) is 7.47. The summed E-state index contributed by atoms with van der Waals surface area (Å²) in [6, 6.07) is 6.72. The van der Waals surface area contributed by atoms with Crippen LogP contribution in [-0.2, 0) is 14.3 Å². The van der Waals surface area contributed by atoms with E-state index in [0.717, 1.165) is 12.8 Å². The van der Waals surface area contributed by atoms with Gasteiger partial charge in [-0.2, -0.15) is 0 Å². The standard InChI is InChI=1S/C20H19NO4/c1-2-25-19(24)11-5-3-4-6-14(11)21-17(22)15-12-7-8-13(16(15)18(21)23)20(12)9-10-20/h3-8,12-13,15-16H,2,9-10H2,1H3/t12?,13?,15-,16+. The Kier molecular flexibility index (Phi) is 2.86. The molecule has 0 N–H and O–H groups in total. The molecule has 1 saturated heterocycles. The Labute approximate surface area is 145 Å². The number of esters is 1. The van der Waals surface area contributed by atoms with Crippen molar-refractivity contribution >= 4 is 23.5 Å². The number of carbonyl (C=O) groups is 3. The van der Waals surface area contributed by atoms with Crippen LogP contribution in [0.4, 0.5) is 5.69 Å². The molecule has 1 aliphatic heterocycles. The Hall–Kier alpha value is -2.43. The van der Waals surface area contributed by atoms with Gasteiger partial charge in [0.25, 0.3) is 0 Å². The lowest BCUT2D eigenvalue weighted by Gasteiger charge is -2.23. The van der Waals surface area contributed by atoms with Crippen LogP contribution in [-0.4, -0.2) is 24.4 Å². The van der Waals surface area contributed by atoms with Gasteiger partial charge < -0.3 is 4.74 Å². The van der Waals surface area contributed by atoms with Crippen LogP contribution >= 0.6 is 0 Å². The molecule has 1 spiro atoms. The fourth-order valence-corrected chi connectivity index (χ4v) is 5.37. The summed E-state index contributed by atoms with van der Waals surface area (Å²) in [6.45, 7) is 1.98. The smallest absolute Gasteiger partial charge is 0.340 e. The molecule has 1 aromatic carbocycles. The number of rotatable bonds is 3. The van der Waals surface area contributed by atoms with Gasteiger partial charge in [0.1, 0.15) is 0 Å². The number of carbonyl (C=O) groups excluding carboxylic acids is 3. The van der Waals surface area contributed by atoms with E-state index in [1.807, 2.05) is 0 Å². The summed E-state index contributed by atoms with van der Waals surface area (Å²) in [5.41, 5.74) is 0.801. The number of anilines is 1. The highest BCUT2D eigenvalue weighted by Gasteiger charge is 2.73. The van der Waals surface area contributed by atoms with E-state index >= 15 is 0 Å². The van der Waals surface area contributed by atoms with Crippen molar-refractivity contribution in [3.05, 3.63) is 42.0 Å². The Morgan fingerprint density at radius 3 is 2.28 bits per heavy atom. The van der Waals surface area contributed by atoms with Gasteiger partial charge in [-0.1, -0.05) is 24.3 Å². The van der Waals surface area contributed by atoms with Gasteiger partial charge in [-0.15, -0.1) is 0 Å². The topological polar surface area (TPSA) is 63.7 Å². The highest BCUT2D eigenvalue weighted by atomic mass is 16.5. The number of para-hydroxylation sites is 1. The minimum Gasteiger partial charge on any atom is -0.462 e. The molecule has 5 rings (SSSR count). The molecule has 1 heterocycles. The summed E-state index contributed by atoms with van der Waals surface area (Å²) in [4.78, 5) is 39.8. The van der Waals surface area contributed by atoms with Crippen LogP contribution in [0.25, 0.3) is 0 Å². The van der Waals surface area contributed by atoms with Gasteiger partial charge in [-0.05, 0) is 49.1 Å². The van der Waals surface area contributed by atoms with Crippen molar-refractivity contribution in [3.8, 4) is 0 Å². The van der Waals surface area contributed by atoms with Crippen molar-refractivity contribution in [2.24, 2.45) is 29.1 Å². The third-order valence-electron chi connectivity index (χ3n) is 6.49. The maximum Gasteiger partial charge on any atom is 0.340 e. The quantitative estimate of drug-likeness (QED) is 0.483. The monoisotopic (exact) mass is 337 g/mol. The molecule has 2 unspecified atom stereocenters. The third kappa shape index (κ3) is 1.71. The van der Waals surface area contributed by atoms with Gasteiger partial charge in [0, 0.05) is 0 Å². The first-order valence-electron chi connectivity index (χ1n) is 8.92. The number of hydrogen-bond acceptors (Lipinski definition) is 4. The van der Waals surface area contributed by atoms with Gasteiger partial charge in [-0.25, -0.2) is 9.69 Å². The molecule has 2 saturated carbocycles. The van der Waals surface area contributed by atoms with Gasteiger partial charge in [0.05, 0.1) is 29.7 Å². The van der Waals surface area contributed by atoms with Crippen molar-refractivity contribution in [2.75, 3.05) is 11.5 Å². The van der Waals surface area contributed by atoms with Gasteiger partial charge >= 0.3 is 5.97 Å². The summed E-state index contributed by atoms with van der Waals surface area (Å²) in [5.74, 6) is -0.988. The normalized spacial score (nSPS) is 33.2. The second-order valence-electron chi connectivity index (χ2n) is 7.47. The highest BCUT2D eigenvalue weighted by molar-refractivity contribution is 6.24. The molecule has 0 aromatic heterocycles. The van der Waals surface area contributed by atoms with Crippen LogP contribution in [0.2, 0.25) is 0 Å². The van der Waals surface area contributed by atoms with E-state index in [1.165, 1.54) is 4.90 Å². The number of ether oxygens (including phenoxy) is 1. The predicted molar refractivity (Wildman–Crippen MR) is 89.7 cm³/mol. The van der Waals surface area contributed by atoms with Crippen LogP contribution in [0.5, 0.6) is 0 Å². The summed E-state index contributed by atoms with van der Waals surface area (Å²) in [6.07, 6.45) is 6.51. The zero-order valence-corrected chi connectivity index (χ0v) is 14.0. The van der Waals surface area contributed by atoms with E-state index in [1.54, 1.807) is 31.2 Å². The molecule has 2 bridgehead atoms. The molecule has 25 heavy (non-hydrogen) atoms. The lowest BCUT2D eigenvalue weighted by atomic mass is 9.85. The summed E-state index contributed by atoms with van der Waals surface area (Å²) >= 11 is 0. The molecule has 4 atom stereocenters. The molecule has 3 aliphatic carbocycles. The second kappa shape index (κ2) is 4.81. The Morgan fingerprint density at radius 2 is 1.72 bits per heavy atom.